The van der Waals surface area contributed by atoms with Crippen molar-refractivity contribution in [3.05, 3.63) is 88.0 Å². The summed E-state index contributed by atoms with van der Waals surface area (Å²) in [5, 5.41) is 22.7. The molecule has 5 heteroatoms. The lowest BCUT2D eigenvalue weighted by molar-refractivity contribution is -0.385. The second-order valence-electron chi connectivity index (χ2n) is 5.55. The van der Waals surface area contributed by atoms with Crippen molar-refractivity contribution in [3.8, 4) is 0 Å². The molecule has 0 fully saturated rings. The predicted octanol–water partition coefficient (Wildman–Crippen LogP) is 4.16. The first kappa shape index (κ1) is 15.7. The van der Waals surface area contributed by atoms with Crippen molar-refractivity contribution in [2.75, 3.05) is 0 Å². The maximum Gasteiger partial charge on any atom is 0.311 e. The molecule has 0 saturated heterocycles. The summed E-state index contributed by atoms with van der Waals surface area (Å²) >= 11 is 0. The van der Waals surface area contributed by atoms with Crippen molar-refractivity contribution in [2.24, 2.45) is 0 Å². The molecule has 0 aliphatic rings. The smallest absolute Gasteiger partial charge is 0.311 e. The first-order valence-corrected chi connectivity index (χ1v) is 7.50. The maximum atomic E-state index is 11.9. The summed E-state index contributed by atoms with van der Waals surface area (Å²) in [4.78, 5) is 22.6. The van der Waals surface area contributed by atoms with Crippen molar-refractivity contribution >= 4 is 22.4 Å². The number of nitro groups is 1. The van der Waals surface area contributed by atoms with Crippen LogP contribution in [0.15, 0.2) is 66.7 Å². The molecule has 0 saturated carbocycles. The number of carboxylic acids is 1. The first-order valence-electron chi connectivity index (χ1n) is 7.50. The molecule has 0 heterocycles. The summed E-state index contributed by atoms with van der Waals surface area (Å²) in [6, 6.07) is 19.3. The maximum absolute atomic E-state index is 11.9. The highest BCUT2D eigenvalue weighted by Gasteiger charge is 2.25. The van der Waals surface area contributed by atoms with Crippen LogP contribution in [0.4, 0.5) is 5.69 Å². The number of para-hydroxylation sites is 1. The van der Waals surface area contributed by atoms with Gasteiger partial charge in [-0.3, -0.25) is 14.9 Å². The van der Waals surface area contributed by atoms with Gasteiger partial charge in [0.2, 0.25) is 0 Å². The molecule has 1 N–H and O–H groups in total. The Labute approximate surface area is 138 Å². The quantitative estimate of drug-likeness (QED) is 0.565. The van der Waals surface area contributed by atoms with E-state index in [-0.39, 0.29) is 12.1 Å². The standard InChI is InChI=1S/C19H15NO4/c21-19(22)17(12-14-7-2-4-11-18(14)20(23)24)16-10-5-8-13-6-1-3-9-15(13)16/h1-11,17H,12H2,(H,21,22). The third kappa shape index (κ3) is 2.96. The highest BCUT2D eigenvalue weighted by molar-refractivity contribution is 5.91. The van der Waals surface area contributed by atoms with Crippen LogP contribution in [0.25, 0.3) is 10.8 Å². The van der Waals surface area contributed by atoms with Crippen LogP contribution in [0.5, 0.6) is 0 Å². The number of nitrogens with zero attached hydrogens (tertiary/aromatic N) is 1. The minimum absolute atomic E-state index is 0.0519. The summed E-state index contributed by atoms with van der Waals surface area (Å²) in [6.45, 7) is 0. The van der Waals surface area contributed by atoms with Gasteiger partial charge in [0.1, 0.15) is 0 Å². The number of carboxylic acid groups (broad SMARTS) is 1. The molecule has 0 aliphatic carbocycles. The molecule has 0 bridgehead atoms. The van der Waals surface area contributed by atoms with Crippen LogP contribution in [0, 0.1) is 10.1 Å². The van der Waals surface area contributed by atoms with E-state index < -0.39 is 16.8 Å². The van der Waals surface area contributed by atoms with Crippen molar-refractivity contribution in [1.82, 2.24) is 0 Å². The molecule has 0 aromatic heterocycles. The van der Waals surface area contributed by atoms with Crippen molar-refractivity contribution in [3.63, 3.8) is 0 Å². The number of rotatable bonds is 5. The fraction of sp³-hybridized carbons (Fsp3) is 0.105. The summed E-state index contributed by atoms with van der Waals surface area (Å²) in [5.74, 6) is -1.85. The molecule has 0 spiro atoms. The number of carbonyl (C=O) groups is 1. The summed E-state index contributed by atoms with van der Waals surface area (Å²) in [6.07, 6.45) is 0.0699. The number of nitro benzene ring substituents is 1. The van der Waals surface area contributed by atoms with Crippen LogP contribution in [0.1, 0.15) is 17.0 Å². The largest absolute Gasteiger partial charge is 0.481 e. The zero-order valence-corrected chi connectivity index (χ0v) is 12.8. The van der Waals surface area contributed by atoms with E-state index in [0.717, 1.165) is 10.8 Å². The van der Waals surface area contributed by atoms with E-state index in [4.69, 9.17) is 0 Å². The Hall–Kier alpha value is -3.21. The Balaban J connectivity index is 2.09. The molecule has 0 aliphatic heterocycles. The molecular formula is C19H15NO4. The van der Waals surface area contributed by atoms with Crippen LogP contribution in [0.3, 0.4) is 0 Å². The lowest BCUT2D eigenvalue weighted by Gasteiger charge is -2.15. The first-order chi connectivity index (χ1) is 11.6. The number of hydrogen-bond acceptors (Lipinski definition) is 3. The third-order valence-electron chi connectivity index (χ3n) is 4.11. The van der Waals surface area contributed by atoms with Gasteiger partial charge < -0.3 is 5.11 Å². The lowest BCUT2D eigenvalue weighted by Crippen LogP contribution is -2.15. The Bertz CT molecular complexity index is 915. The topological polar surface area (TPSA) is 80.4 Å². The number of aliphatic carboxylic acids is 1. The van der Waals surface area contributed by atoms with Gasteiger partial charge in [-0.2, -0.15) is 0 Å². The highest BCUT2D eigenvalue weighted by Crippen LogP contribution is 2.31. The van der Waals surface area contributed by atoms with Gasteiger partial charge in [-0.05, 0) is 22.8 Å². The van der Waals surface area contributed by atoms with Gasteiger partial charge in [0.25, 0.3) is 5.69 Å². The second-order valence-corrected chi connectivity index (χ2v) is 5.55. The van der Waals surface area contributed by atoms with Crippen molar-refractivity contribution < 1.29 is 14.8 Å². The molecule has 0 amide bonds. The lowest BCUT2D eigenvalue weighted by atomic mass is 9.88. The zero-order chi connectivity index (χ0) is 17.1. The molecule has 120 valence electrons. The second kappa shape index (κ2) is 6.50. The van der Waals surface area contributed by atoms with Crippen LogP contribution in [0.2, 0.25) is 0 Å². The van der Waals surface area contributed by atoms with Gasteiger partial charge in [0.05, 0.1) is 10.8 Å². The molecule has 3 rings (SSSR count). The number of hydrogen-bond donors (Lipinski definition) is 1. The van der Waals surface area contributed by atoms with Gasteiger partial charge in [0.15, 0.2) is 0 Å². The highest BCUT2D eigenvalue weighted by atomic mass is 16.6. The summed E-state index contributed by atoms with van der Waals surface area (Å²) in [7, 11) is 0. The Morgan fingerprint density at radius 1 is 1.00 bits per heavy atom. The van der Waals surface area contributed by atoms with Crippen molar-refractivity contribution in [2.45, 2.75) is 12.3 Å². The molecule has 24 heavy (non-hydrogen) atoms. The molecule has 5 nitrogen and oxygen atoms in total. The Morgan fingerprint density at radius 3 is 2.42 bits per heavy atom. The Morgan fingerprint density at radius 2 is 1.67 bits per heavy atom. The predicted molar refractivity (Wildman–Crippen MR) is 91.1 cm³/mol. The Kier molecular flexibility index (Phi) is 4.24. The number of fused-ring (bicyclic) bond motifs is 1. The van der Waals surface area contributed by atoms with Crippen LogP contribution >= 0.6 is 0 Å². The third-order valence-corrected chi connectivity index (χ3v) is 4.11. The minimum atomic E-state index is -0.996. The molecule has 1 atom stereocenters. The fourth-order valence-electron chi connectivity index (χ4n) is 2.97. The van der Waals surface area contributed by atoms with Crippen LogP contribution in [-0.2, 0) is 11.2 Å². The van der Waals surface area contributed by atoms with E-state index in [2.05, 4.69) is 0 Å². The molecule has 3 aromatic carbocycles. The van der Waals surface area contributed by atoms with E-state index in [0.29, 0.717) is 11.1 Å². The van der Waals surface area contributed by atoms with E-state index in [9.17, 15) is 20.0 Å². The van der Waals surface area contributed by atoms with E-state index in [1.807, 2.05) is 36.4 Å². The zero-order valence-electron chi connectivity index (χ0n) is 12.8. The summed E-state index contributed by atoms with van der Waals surface area (Å²) in [5.41, 5.74) is 1.03. The molecule has 0 radical (unpaired) electrons. The molecular weight excluding hydrogens is 306 g/mol. The van der Waals surface area contributed by atoms with Gasteiger partial charge >= 0.3 is 5.97 Å². The minimum Gasteiger partial charge on any atom is -0.481 e. The van der Waals surface area contributed by atoms with Crippen molar-refractivity contribution in [1.29, 1.82) is 0 Å². The normalized spacial score (nSPS) is 12.0. The van der Waals surface area contributed by atoms with Gasteiger partial charge in [0, 0.05) is 11.6 Å². The van der Waals surface area contributed by atoms with E-state index >= 15 is 0 Å². The van der Waals surface area contributed by atoms with Gasteiger partial charge in [-0.25, -0.2) is 0 Å². The summed E-state index contributed by atoms with van der Waals surface area (Å²) < 4.78 is 0. The fourth-order valence-corrected chi connectivity index (χ4v) is 2.97. The molecule has 3 aromatic rings. The van der Waals surface area contributed by atoms with E-state index in [1.54, 1.807) is 24.3 Å². The molecule has 1 unspecified atom stereocenters. The average Bonchev–Trinajstić information content (AvgIpc) is 2.59. The van der Waals surface area contributed by atoms with Crippen LogP contribution in [-0.4, -0.2) is 16.0 Å². The number of benzene rings is 3. The monoisotopic (exact) mass is 321 g/mol. The van der Waals surface area contributed by atoms with E-state index in [1.165, 1.54) is 6.07 Å². The van der Waals surface area contributed by atoms with Gasteiger partial charge in [-0.15, -0.1) is 0 Å². The average molecular weight is 321 g/mol. The van der Waals surface area contributed by atoms with Gasteiger partial charge in [-0.1, -0.05) is 60.7 Å². The van der Waals surface area contributed by atoms with Crippen LogP contribution < -0.4 is 0 Å². The SMILES string of the molecule is O=C(O)C(Cc1ccccc1[N+](=O)[O-])c1cccc2ccccc12.